The molecule has 2 fully saturated rings. The second-order valence-electron chi connectivity index (χ2n) is 11.2. The third-order valence-corrected chi connectivity index (χ3v) is 11.0. The van der Waals surface area contributed by atoms with E-state index >= 15 is 0 Å². The van der Waals surface area contributed by atoms with Crippen molar-refractivity contribution in [3.05, 3.63) is 39.9 Å². The number of amides is 3. The van der Waals surface area contributed by atoms with E-state index in [2.05, 4.69) is 35.7 Å². The predicted octanol–water partition coefficient (Wildman–Crippen LogP) is 4.77. The molecule has 1 aromatic carbocycles. The summed E-state index contributed by atoms with van der Waals surface area (Å²) >= 11 is 1.51. The van der Waals surface area contributed by atoms with E-state index in [1.165, 1.54) is 11.3 Å². The van der Waals surface area contributed by atoms with Crippen molar-refractivity contribution >= 4 is 33.5 Å². The second kappa shape index (κ2) is 8.87. The third kappa shape index (κ3) is 3.33. The number of carbonyl (C=O) groups excluding carboxylic acids is 2. The minimum atomic E-state index is -0.454. The number of benzene rings is 1. The Morgan fingerprint density at radius 1 is 1.18 bits per heavy atom. The molecule has 0 aliphatic carbocycles. The zero-order chi connectivity index (χ0) is 27.9. The molecule has 6 rings (SSSR count). The highest BCUT2D eigenvalue weighted by molar-refractivity contribution is 7.20. The largest absolute Gasteiger partial charge is 0.497 e. The Labute approximate surface area is 233 Å². The van der Waals surface area contributed by atoms with Gasteiger partial charge in [0.05, 0.1) is 35.9 Å². The molecular formula is C29H37N5O4S. The average molecular weight is 552 g/mol. The van der Waals surface area contributed by atoms with Gasteiger partial charge in [0.15, 0.2) is 0 Å². The topological polar surface area (TPSA) is 80.1 Å². The minimum Gasteiger partial charge on any atom is -0.497 e. The number of thiophene rings is 1. The number of hydrogen-bond acceptors (Lipinski definition) is 6. The maximum Gasteiger partial charge on any atom is 0.321 e. The molecule has 1 spiro atoms. The molecule has 0 radical (unpaired) electrons. The van der Waals surface area contributed by atoms with Crippen LogP contribution in [0, 0.1) is 6.92 Å². The van der Waals surface area contributed by atoms with Crippen LogP contribution < -0.4 is 9.47 Å². The normalized spacial score (nSPS) is 23.9. The summed E-state index contributed by atoms with van der Waals surface area (Å²) in [6, 6.07) is 6.03. The van der Waals surface area contributed by atoms with Gasteiger partial charge in [-0.3, -0.25) is 9.48 Å². The van der Waals surface area contributed by atoms with Crippen LogP contribution >= 0.6 is 11.3 Å². The lowest BCUT2D eigenvalue weighted by atomic mass is 9.61. The van der Waals surface area contributed by atoms with Crippen LogP contribution in [0.2, 0.25) is 0 Å². The lowest BCUT2D eigenvalue weighted by Crippen LogP contribution is -2.67. The van der Waals surface area contributed by atoms with Crippen LogP contribution in [0.1, 0.15) is 66.0 Å². The maximum absolute atomic E-state index is 14.0. The smallest absolute Gasteiger partial charge is 0.321 e. The van der Waals surface area contributed by atoms with Crippen molar-refractivity contribution in [3.63, 3.8) is 0 Å². The van der Waals surface area contributed by atoms with Gasteiger partial charge in [0, 0.05) is 56.2 Å². The summed E-state index contributed by atoms with van der Waals surface area (Å²) in [5.41, 5.74) is 2.31. The Hall–Kier alpha value is -3.27. The van der Waals surface area contributed by atoms with Crippen LogP contribution in [0.25, 0.3) is 10.2 Å². The highest BCUT2D eigenvalue weighted by atomic mass is 32.1. The molecule has 39 heavy (non-hydrogen) atoms. The number of ether oxygens (including phenoxy) is 2. The first-order valence-corrected chi connectivity index (χ1v) is 14.5. The molecule has 5 heterocycles. The van der Waals surface area contributed by atoms with Gasteiger partial charge in [-0.15, -0.1) is 11.3 Å². The molecule has 3 amide bonds. The number of carbonyl (C=O) groups is 2. The van der Waals surface area contributed by atoms with Gasteiger partial charge in [0.2, 0.25) is 0 Å². The fourth-order valence-corrected chi connectivity index (χ4v) is 8.79. The lowest BCUT2D eigenvalue weighted by Gasteiger charge is -2.56. The van der Waals surface area contributed by atoms with Crippen LogP contribution in [-0.2, 0) is 13.6 Å². The Bertz CT molecular complexity index is 1450. The van der Waals surface area contributed by atoms with Crippen LogP contribution in [-0.4, -0.2) is 81.4 Å². The Morgan fingerprint density at radius 2 is 1.90 bits per heavy atom. The van der Waals surface area contributed by atoms with E-state index in [4.69, 9.17) is 9.47 Å². The van der Waals surface area contributed by atoms with Gasteiger partial charge in [-0.1, -0.05) is 6.92 Å². The zero-order valence-electron chi connectivity index (χ0n) is 23.8. The van der Waals surface area contributed by atoms with Crippen LogP contribution in [0.3, 0.4) is 0 Å². The number of aryl methyl sites for hydroxylation is 2. The van der Waals surface area contributed by atoms with Gasteiger partial charge in [-0.25, -0.2) is 4.79 Å². The molecule has 10 heteroatoms. The molecule has 3 aliphatic heterocycles. The highest BCUT2D eigenvalue weighted by Crippen LogP contribution is 2.58. The van der Waals surface area contributed by atoms with Crippen molar-refractivity contribution in [1.82, 2.24) is 24.5 Å². The first kappa shape index (κ1) is 26.0. The number of fused-ring (bicyclic) bond motifs is 4. The van der Waals surface area contributed by atoms with Crippen LogP contribution in [0.4, 0.5) is 4.79 Å². The molecule has 0 N–H and O–H groups in total. The first-order valence-electron chi connectivity index (χ1n) is 13.7. The lowest BCUT2D eigenvalue weighted by molar-refractivity contribution is -0.0127. The molecule has 208 valence electrons. The number of methoxy groups -OCH3 is 2. The number of urea groups is 1. The average Bonchev–Trinajstić information content (AvgIpc) is 3.55. The minimum absolute atomic E-state index is 0.0305. The molecule has 1 unspecified atom stereocenters. The van der Waals surface area contributed by atoms with Crippen molar-refractivity contribution in [2.75, 3.05) is 33.9 Å². The van der Waals surface area contributed by atoms with E-state index in [0.29, 0.717) is 26.2 Å². The quantitative estimate of drug-likeness (QED) is 0.467. The monoisotopic (exact) mass is 551 g/mol. The molecule has 0 bridgehead atoms. The number of likely N-dealkylation sites (N-methyl/N-ethyl adjacent to an activating group) is 1. The van der Waals surface area contributed by atoms with E-state index in [9.17, 15) is 9.59 Å². The summed E-state index contributed by atoms with van der Waals surface area (Å²) in [4.78, 5) is 35.5. The summed E-state index contributed by atoms with van der Waals surface area (Å²) in [5, 5.41) is 5.51. The van der Waals surface area contributed by atoms with Crippen LogP contribution in [0.5, 0.6) is 11.5 Å². The van der Waals surface area contributed by atoms with Gasteiger partial charge in [0.25, 0.3) is 5.91 Å². The van der Waals surface area contributed by atoms with Crippen molar-refractivity contribution < 1.29 is 19.1 Å². The SMILES string of the molecule is CCN1C(=O)N2Cc3cc(OC)cc(OC)c3[C@@H](C)C2(C)C12CCN(C(=O)c1cc3c(C)nn(C)c3s1)CC2. The zero-order valence-corrected chi connectivity index (χ0v) is 24.6. The summed E-state index contributed by atoms with van der Waals surface area (Å²) in [6.45, 7) is 10.9. The van der Waals surface area contributed by atoms with E-state index in [-0.39, 0.29) is 17.9 Å². The van der Waals surface area contributed by atoms with Crippen LogP contribution in [0.15, 0.2) is 18.2 Å². The summed E-state index contributed by atoms with van der Waals surface area (Å²) in [7, 11) is 5.26. The van der Waals surface area contributed by atoms with Crippen molar-refractivity contribution in [2.24, 2.45) is 7.05 Å². The highest BCUT2D eigenvalue weighted by Gasteiger charge is 2.68. The second-order valence-corrected chi connectivity index (χ2v) is 12.3. The summed E-state index contributed by atoms with van der Waals surface area (Å²) < 4.78 is 13.2. The summed E-state index contributed by atoms with van der Waals surface area (Å²) in [5.74, 6) is 1.63. The van der Waals surface area contributed by atoms with E-state index in [0.717, 1.165) is 56.3 Å². The molecule has 2 atom stereocenters. The number of nitrogens with zero attached hydrogens (tertiary/aromatic N) is 5. The Balaban J connectivity index is 1.34. The van der Waals surface area contributed by atoms with Crippen molar-refractivity contribution in [3.8, 4) is 11.5 Å². The molecule has 0 saturated carbocycles. The molecule has 2 saturated heterocycles. The molecule has 3 aromatic rings. The maximum atomic E-state index is 14.0. The van der Waals surface area contributed by atoms with Gasteiger partial charge in [0.1, 0.15) is 16.3 Å². The fraction of sp³-hybridized carbons (Fsp3) is 0.552. The number of hydrogen-bond donors (Lipinski definition) is 0. The van der Waals surface area contributed by atoms with Gasteiger partial charge in [-0.2, -0.15) is 5.10 Å². The number of aromatic nitrogens is 2. The number of rotatable bonds is 4. The number of likely N-dealkylation sites (tertiary alicyclic amines) is 1. The molecule has 2 aromatic heterocycles. The van der Waals surface area contributed by atoms with E-state index in [1.807, 2.05) is 41.8 Å². The Morgan fingerprint density at radius 3 is 2.51 bits per heavy atom. The fourth-order valence-electron chi connectivity index (χ4n) is 7.70. The Kier molecular flexibility index (Phi) is 5.91. The van der Waals surface area contributed by atoms with Gasteiger partial charge >= 0.3 is 6.03 Å². The third-order valence-electron chi connectivity index (χ3n) is 9.84. The van der Waals surface area contributed by atoms with E-state index < -0.39 is 11.1 Å². The standard InChI is InChI=1S/C29H37N5O4S/c1-8-33-27(36)34-16-19-13-20(37-6)14-22(38-7)24(19)17(2)28(34,4)29(33)9-11-32(12-10-29)25(35)23-15-21-18(3)30-31(5)26(21)39-23/h13-15,17H,8-12,16H2,1-7H3/t17-,28?/m1/s1. The molecule has 9 nitrogen and oxygen atoms in total. The van der Waals surface area contributed by atoms with E-state index in [1.54, 1.807) is 14.2 Å². The van der Waals surface area contributed by atoms with Gasteiger partial charge < -0.3 is 24.2 Å². The summed E-state index contributed by atoms with van der Waals surface area (Å²) in [6.07, 6.45) is 1.46. The van der Waals surface area contributed by atoms with Crippen molar-refractivity contribution in [2.45, 2.75) is 64.1 Å². The molecule has 3 aliphatic rings. The van der Waals surface area contributed by atoms with Gasteiger partial charge in [-0.05, 0) is 51.3 Å². The number of piperidine rings is 1. The molecular weight excluding hydrogens is 514 g/mol. The first-order chi connectivity index (χ1) is 18.6. The van der Waals surface area contributed by atoms with Crippen molar-refractivity contribution in [1.29, 1.82) is 0 Å². The predicted molar refractivity (Wildman–Crippen MR) is 151 cm³/mol.